The standard InChI is InChI=1S/C15H21BrN2OS/c1-15(2,20-13-5-3-11(16)4-6-13)14(19)18-9-7-12(17)8-10-18/h3-6,12H,7-10,17H2,1-2H3. The van der Waals surface area contributed by atoms with Crippen molar-refractivity contribution >= 4 is 33.6 Å². The zero-order chi connectivity index (χ0) is 14.8. The van der Waals surface area contributed by atoms with Crippen LogP contribution in [0, 0.1) is 0 Å². The van der Waals surface area contributed by atoms with E-state index in [4.69, 9.17) is 5.73 Å². The number of carbonyl (C=O) groups is 1. The zero-order valence-corrected chi connectivity index (χ0v) is 14.3. The normalized spacial score (nSPS) is 17.3. The molecule has 0 aromatic heterocycles. The van der Waals surface area contributed by atoms with Gasteiger partial charge in [-0.15, -0.1) is 11.8 Å². The van der Waals surface area contributed by atoms with Gasteiger partial charge in [0.05, 0.1) is 4.75 Å². The van der Waals surface area contributed by atoms with E-state index >= 15 is 0 Å². The van der Waals surface area contributed by atoms with Gasteiger partial charge >= 0.3 is 0 Å². The molecule has 1 heterocycles. The third kappa shape index (κ3) is 3.99. The smallest absolute Gasteiger partial charge is 0.238 e. The fourth-order valence-corrected chi connectivity index (χ4v) is 3.67. The van der Waals surface area contributed by atoms with Gasteiger partial charge in [-0.25, -0.2) is 0 Å². The summed E-state index contributed by atoms with van der Waals surface area (Å²) in [7, 11) is 0. The number of piperidine rings is 1. The monoisotopic (exact) mass is 356 g/mol. The molecule has 0 aliphatic carbocycles. The highest BCUT2D eigenvalue weighted by molar-refractivity contribution is 9.10. The SMILES string of the molecule is CC(C)(Sc1ccc(Br)cc1)C(=O)N1CCC(N)CC1. The predicted octanol–water partition coefficient (Wildman–Crippen LogP) is 3.27. The van der Waals surface area contributed by atoms with Crippen molar-refractivity contribution in [2.24, 2.45) is 5.73 Å². The van der Waals surface area contributed by atoms with Gasteiger partial charge in [-0.1, -0.05) is 15.9 Å². The molecule has 1 aliphatic heterocycles. The van der Waals surface area contributed by atoms with Gasteiger partial charge in [-0.05, 0) is 51.0 Å². The van der Waals surface area contributed by atoms with E-state index in [1.54, 1.807) is 11.8 Å². The van der Waals surface area contributed by atoms with Crippen LogP contribution in [0.25, 0.3) is 0 Å². The van der Waals surface area contributed by atoms with Crippen molar-refractivity contribution in [1.82, 2.24) is 4.90 Å². The van der Waals surface area contributed by atoms with Crippen LogP contribution in [-0.2, 0) is 4.79 Å². The Morgan fingerprint density at radius 1 is 1.30 bits per heavy atom. The van der Waals surface area contributed by atoms with Gasteiger partial charge in [0.15, 0.2) is 0 Å². The number of hydrogen-bond acceptors (Lipinski definition) is 3. The molecule has 1 aliphatic rings. The molecule has 0 saturated carbocycles. The minimum absolute atomic E-state index is 0.206. The summed E-state index contributed by atoms with van der Waals surface area (Å²) >= 11 is 5.04. The van der Waals surface area contributed by atoms with Gasteiger partial charge < -0.3 is 10.6 Å². The lowest BCUT2D eigenvalue weighted by Crippen LogP contribution is -2.49. The van der Waals surface area contributed by atoms with Crippen molar-refractivity contribution in [3.8, 4) is 0 Å². The number of thioether (sulfide) groups is 1. The molecule has 0 spiro atoms. The number of carbonyl (C=O) groups excluding carboxylic acids is 1. The minimum Gasteiger partial charge on any atom is -0.341 e. The molecule has 110 valence electrons. The summed E-state index contributed by atoms with van der Waals surface area (Å²) in [5.41, 5.74) is 5.90. The number of nitrogens with two attached hydrogens (primary N) is 1. The molecular formula is C15H21BrN2OS. The lowest BCUT2D eigenvalue weighted by Gasteiger charge is -2.35. The quantitative estimate of drug-likeness (QED) is 0.845. The van der Waals surface area contributed by atoms with Gasteiger partial charge in [0.25, 0.3) is 0 Å². The Morgan fingerprint density at radius 3 is 2.40 bits per heavy atom. The summed E-state index contributed by atoms with van der Waals surface area (Å²) in [6, 6.07) is 8.33. The van der Waals surface area contributed by atoms with Crippen molar-refractivity contribution in [3.05, 3.63) is 28.7 Å². The largest absolute Gasteiger partial charge is 0.341 e. The maximum atomic E-state index is 12.7. The molecule has 20 heavy (non-hydrogen) atoms. The van der Waals surface area contributed by atoms with Gasteiger partial charge in [0, 0.05) is 28.5 Å². The molecule has 1 amide bonds. The van der Waals surface area contributed by atoms with Crippen molar-refractivity contribution in [2.75, 3.05) is 13.1 Å². The molecule has 3 nitrogen and oxygen atoms in total. The van der Waals surface area contributed by atoms with Crippen LogP contribution in [0.2, 0.25) is 0 Å². The van der Waals surface area contributed by atoms with E-state index < -0.39 is 4.75 Å². The molecule has 0 bridgehead atoms. The second-order valence-electron chi connectivity index (χ2n) is 5.70. The van der Waals surface area contributed by atoms with E-state index in [1.807, 2.05) is 43.0 Å². The van der Waals surface area contributed by atoms with Gasteiger partial charge in [-0.3, -0.25) is 4.79 Å². The molecule has 0 atom stereocenters. The Balaban J connectivity index is 2.01. The second kappa shape index (κ2) is 6.50. The number of rotatable bonds is 3. The van der Waals surface area contributed by atoms with Gasteiger partial charge in [-0.2, -0.15) is 0 Å². The second-order valence-corrected chi connectivity index (χ2v) is 8.31. The minimum atomic E-state index is -0.449. The van der Waals surface area contributed by atoms with E-state index in [9.17, 15) is 4.79 Å². The first-order chi connectivity index (χ1) is 9.38. The predicted molar refractivity (Wildman–Crippen MR) is 87.9 cm³/mol. The van der Waals surface area contributed by atoms with Crippen LogP contribution in [-0.4, -0.2) is 34.7 Å². The first-order valence-corrected chi connectivity index (χ1v) is 8.49. The lowest BCUT2D eigenvalue weighted by molar-refractivity contribution is -0.133. The molecule has 1 aromatic rings. The maximum absolute atomic E-state index is 12.7. The highest BCUT2D eigenvalue weighted by Gasteiger charge is 2.34. The van der Waals surface area contributed by atoms with Crippen LogP contribution in [0.4, 0.5) is 0 Å². The van der Waals surface area contributed by atoms with Crippen LogP contribution >= 0.6 is 27.7 Å². The Morgan fingerprint density at radius 2 is 1.85 bits per heavy atom. The van der Waals surface area contributed by atoms with E-state index in [0.717, 1.165) is 35.3 Å². The zero-order valence-electron chi connectivity index (χ0n) is 11.9. The topological polar surface area (TPSA) is 46.3 Å². The Hall–Kier alpha value is -0.520. The molecule has 5 heteroatoms. The summed E-state index contributed by atoms with van der Waals surface area (Å²) in [5.74, 6) is 0.206. The number of benzene rings is 1. The number of amides is 1. The Bertz CT molecular complexity index is 467. The van der Waals surface area contributed by atoms with E-state index in [2.05, 4.69) is 15.9 Å². The Kier molecular flexibility index (Phi) is 5.15. The molecule has 1 fully saturated rings. The van der Waals surface area contributed by atoms with Crippen molar-refractivity contribution in [3.63, 3.8) is 0 Å². The van der Waals surface area contributed by atoms with Crippen LogP contribution < -0.4 is 5.73 Å². The molecule has 2 rings (SSSR count). The third-order valence-electron chi connectivity index (χ3n) is 3.53. The van der Waals surface area contributed by atoms with Crippen LogP contribution in [0.15, 0.2) is 33.6 Å². The lowest BCUT2D eigenvalue weighted by atomic mass is 10.0. The molecule has 1 aromatic carbocycles. The number of likely N-dealkylation sites (tertiary alicyclic amines) is 1. The summed E-state index contributed by atoms with van der Waals surface area (Å²) < 4.78 is 0.603. The van der Waals surface area contributed by atoms with Crippen molar-refractivity contribution < 1.29 is 4.79 Å². The Labute approximate surface area is 133 Å². The molecule has 0 radical (unpaired) electrons. The fraction of sp³-hybridized carbons (Fsp3) is 0.533. The van der Waals surface area contributed by atoms with E-state index in [-0.39, 0.29) is 11.9 Å². The number of halogens is 1. The van der Waals surface area contributed by atoms with Crippen LogP contribution in [0.1, 0.15) is 26.7 Å². The summed E-state index contributed by atoms with van der Waals surface area (Å²) in [5, 5.41) is 0. The maximum Gasteiger partial charge on any atom is 0.238 e. The highest BCUT2D eigenvalue weighted by Crippen LogP contribution is 2.35. The van der Waals surface area contributed by atoms with Crippen molar-refractivity contribution in [1.29, 1.82) is 0 Å². The van der Waals surface area contributed by atoms with Gasteiger partial charge in [0.2, 0.25) is 5.91 Å². The van der Waals surface area contributed by atoms with Crippen molar-refractivity contribution in [2.45, 2.75) is 42.4 Å². The average molecular weight is 357 g/mol. The first-order valence-electron chi connectivity index (χ1n) is 6.88. The third-order valence-corrected chi connectivity index (χ3v) is 5.25. The highest BCUT2D eigenvalue weighted by atomic mass is 79.9. The molecule has 0 unspecified atom stereocenters. The van der Waals surface area contributed by atoms with E-state index in [1.165, 1.54) is 0 Å². The first kappa shape index (κ1) is 15.9. The van der Waals surface area contributed by atoms with Crippen LogP contribution in [0.5, 0.6) is 0 Å². The molecule has 1 saturated heterocycles. The average Bonchev–Trinajstić information content (AvgIpc) is 2.41. The molecule has 2 N–H and O–H groups in total. The number of hydrogen-bond donors (Lipinski definition) is 1. The summed E-state index contributed by atoms with van der Waals surface area (Å²) in [4.78, 5) is 15.7. The van der Waals surface area contributed by atoms with Gasteiger partial charge in [0.1, 0.15) is 0 Å². The van der Waals surface area contributed by atoms with E-state index in [0.29, 0.717) is 0 Å². The fourth-order valence-electron chi connectivity index (χ4n) is 2.32. The van der Waals surface area contributed by atoms with Crippen LogP contribution in [0.3, 0.4) is 0 Å². The summed E-state index contributed by atoms with van der Waals surface area (Å²) in [6.45, 7) is 5.56. The molecular weight excluding hydrogens is 336 g/mol. The summed E-state index contributed by atoms with van der Waals surface area (Å²) in [6.07, 6.45) is 1.82. The number of nitrogens with zero attached hydrogens (tertiary/aromatic N) is 1.